The Kier molecular flexibility index (Phi) is 6.49. The van der Waals surface area contributed by atoms with Gasteiger partial charge in [-0.2, -0.15) is 5.10 Å². The zero-order valence-corrected chi connectivity index (χ0v) is 12.1. The maximum absolute atomic E-state index is 11.9. The minimum Gasteiger partial charge on any atom is -0.468 e. The van der Waals surface area contributed by atoms with Crippen LogP contribution in [0.3, 0.4) is 0 Å². The van der Waals surface area contributed by atoms with E-state index in [0.29, 0.717) is 0 Å². The Morgan fingerprint density at radius 2 is 2.26 bits per heavy atom. The molecule has 0 saturated heterocycles. The highest BCUT2D eigenvalue weighted by Gasteiger charge is 2.32. The van der Waals surface area contributed by atoms with Crippen LogP contribution in [0.2, 0.25) is 0 Å². The Hall–Kier alpha value is -1.43. The van der Waals surface area contributed by atoms with Crippen LogP contribution in [0.5, 0.6) is 0 Å². The van der Waals surface area contributed by atoms with Crippen LogP contribution in [-0.4, -0.2) is 39.9 Å². The fraction of sp³-hybridized carbons (Fsp3) is 0.769. The zero-order valence-electron chi connectivity index (χ0n) is 12.1. The van der Waals surface area contributed by atoms with Gasteiger partial charge >= 0.3 is 5.97 Å². The van der Waals surface area contributed by atoms with Crippen LogP contribution < -0.4 is 5.32 Å². The highest BCUT2D eigenvalue weighted by molar-refractivity contribution is 5.80. The molecular weight excluding hydrogens is 244 g/mol. The molecule has 0 radical (unpaired) electrons. The maximum atomic E-state index is 11.9. The Bertz CT molecular complexity index is 367. The van der Waals surface area contributed by atoms with Gasteiger partial charge in [-0.1, -0.05) is 6.92 Å². The monoisotopic (exact) mass is 268 g/mol. The van der Waals surface area contributed by atoms with Crippen molar-refractivity contribution >= 4 is 5.97 Å². The number of unbranched alkanes of at least 4 members (excludes halogenated alkanes) is 1. The van der Waals surface area contributed by atoms with Crippen molar-refractivity contribution in [3.05, 3.63) is 12.7 Å². The minimum atomic E-state index is -0.590. The molecule has 1 rings (SSSR count). The van der Waals surface area contributed by atoms with Crippen molar-refractivity contribution in [1.82, 2.24) is 20.1 Å². The first kappa shape index (κ1) is 15.6. The van der Waals surface area contributed by atoms with E-state index >= 15 is 0 Å². The Morgan fingerprint density at radius 1 is 1.47 bits per heavy atom. The Morgan fingerprint density at radius 3 is 2.84 bits per heavy atom. The van der Waals surface area contributed by atoms with Crippen LogP contribution in [0.4, 0.5) is 0 Å². The van der Waals surface area contributed by atoms with Gasteiger partial charge in [-0.15, -0.1) is 0 Å². The molecule has 0 aromatic carbocycles. The topological polar surface area (TPSA) is 69.0 Å². The lowest BCUT2D eigenvalue weighted by Crippen LogP contribution is -2.50. The van der Waals surface area contributed by atoms with Gasteiger partial charge in [-0.05, 0) is 39.2 Å². The summed E-state index contributed by atoms with van der Waals surface area (Å²) in [7, 11) is 1.43. The number of aryl methyl sites for hydroxylation is 1. The van der Waals surface area contributed by atoms with E-state index in [2.05, 4.69) is 22.3 Å². The molecule has 19 heavy (non-hydrogen) atoms. The summed E-state index contributed by atoms with van der Waals surface area (Å²) in [4.78, 5) is 15.7. The van der Waals surface area contributed by atoms with E-state index in [1.807, 2.05) is 6.92 Å². The number of rotatable bonds is 9. The number of nitrogens with zero attached hydrogens (tertiary/aromatic N) is 3. The predicted molar refractivity (Wildman–Crippen MR) is 72.6 cm³/mol. The van der Waals surface area contributed by atoms with Crippen LogP contribution in [0.1, 0.15) is 39.5 Å². The van der Waals surface area contributed by atoms with Crippen LogP contribution >= 0.6 is 0 Å². The molecule has 0 saturated carbocycles. The third kappa shape index (κ3) is 4.98. The van der Waals surface area contributed by atoms with Gasteiger partial charge in [0.15, 0.2) is 0 Å². The Labute approximate surface area is 114 Å². The van der Waals surface area contributed by atoms with Gasteiger partial charge in [0, 0.05) is 6.54 Å². The fourth-order valence-corrected chi connectivity index (χ4v) is 1.99. The third-order valence-electron chi connectivity index (χ3n) is 3.18. The number of carbonyl (C=O) groups excluding carboxylic acids is 1. The van der Waals surface area contributed by atoms with Gasteiger partial charge in [-0.25, -0.2) is 4.98 Å². The van der Waals surface area contributed by atoms with E-state index in [-0.39, 0.29) is 5.97 Å². The van der Waals surface area contributed by atoms with Gasteiger partial charge < -0.3 is 10.1 Å². The molecule has 6 nitrogen and oxygen atoms in total. The molecule has 1 atom stereocenters. The van der Waals surface area contributed by atoms with Crippen molar-refractivity contribution < 1.29 is 9.53 Å². The molecule has 0 amide bonds. The molecule has 1 unspecified atom stereocenters. The van der Waals surface area contributed by atoms with Crippen LogP contribution in [0.25, 0.3) is 0 Å². The summed E-state index contributed by atoms with van der Waals surface area (Å²) in [5.41, 5.74) is -0.590. The van der Waals surface area contributed by atoms with E-state index in [9.17, 15) is 4.79 Å². The summed E-state index contributed by atoms with van der Waals surface area (Å²) in [6.07, 6.45) is 6.88. The average molecular weight is 268 g/mol. The summed E-state index contributed by atoms with van der Waals surface area (Å²) in [5, 5.41) is 7.33. The number of carbonyl (C=O) groups is 1. The summed E-state index contributed by atoms with van der Waals surface area (Å²) < 4.78 is 6.69. The minimum absolute atomic E-state index is 0.193. The average Bonchev–Trinajstić information content (AvgIpc) is 2.93. The lowest BCUT2D eigenvalue weighted by Gasteiger charge is -2.28. The number of hydrogen-bond donors (Lipinski definition) is 1. The molecule has 0 aliphatic heterocycles. The van der Waals surface area contributed by atoms with Crippen LogP contribution in [-0.2, 0) is 16.1 Å². The predicted octanol–water partition coefficient (Wildman–Crippen LogP) is 1.38. The molecule has 1 N–H and O–H groups in total. The van der Waals surface area contributed by atoms with Crippen LogP contribution in [0, 0.1) is 0 Å². The van der Waals surface area contributed by atoms with Crippen molar-refractivity contribution in [2.75, 3.05) is 13.7 Å². The zero-order chi connectivity index (χ0) is 14.1. The summed E-state index contributed by atoms with van der Waals surface area (Å²) >= 11 is 0. The third-order valence-corrected chi connectivity index (χ3v) is 3.18. The van der Waals surface area contributed by atoms with Crippen molar-refractivity contribution in [2.45, 2.75) is 51.6 Å². The van der Waals surface area contributed by atoms with Crippen LogP contribution in [0.15, 0.2) is 12.7 Å². The first-order valence-corrected chi connectivity index (χ1v) is 6.78. The lowest BCUT2D eigenvalue weighted by atomic mass is 9.94. The molecular formula is C13H24N4O2. The number of esters is 1. The second kappa shape index (κ2) is 7.89. The molecule has 0 aliphatic rings. The fourth-order valence-electron chi connectivity index (χ4n) is 1.99. The van der Waals surface area contributed by atoms with Crippen molar-refractivity contribution in [1.29, 1.82) is 0 Å². The first-order chi connectivity index (χ1) is 9.12. The van der Waals surface area contributed by atoms with Gasteiger partial charge in [0.05, 0.1) is 7.11 Å². The molecule has 0 spiro atoms. The van der Waals surface area contributed by atoms with E-state index in [0.717, 1.165) is 38.8 Å². The number of nitrogens with one attached hydrogen (secondary N) is 1. The van der Waals surface area contributed by atoms with Crippen molar-refractivity contribution in [3.63, 3.8) is 0 Å². The Balaban J connectivity index is 2.37. The standard InChI is InChI=1S/C13H24N4O2/c1-4-8-15-13(2,12(18)19-3)7-5-6-9-17-11-14-10-16-17/h10-11,15H,4-9H2,1-3H3. The SMILES string of the molecule is CCCNC(C)(CCCCn1cncn1)C(=O)OC. The van der Waals surface area contributed by atoms with E-state index in [1.165, 1.54) is 13.4 Å². The highest BCUT2D eigenvalue weighted by Crippen LogP contribution is 2.16. The van der Waals surface area contributed by atoms with Gasteiger partial charge in [0.2, 0.25) is 0 Å². The smallest absolute Gasteiger partial charge is 0.325 e. The van der Waals surface area contributed by atoms with Crippen molar-refractivity contribution in [3.8, 4) is 0 Å². The second-order valence-electron chi connectivity index (χ2n) is 4.87. The van der Waals surface area contributed by atoms with Gasteiger partial charge in [0.25, 0.3) is 0 Å². The first-order valence-electron chi connectivity index (χ1n) is 6.78. The number of hydrogen-bond acceptors (Lipinski definition) is 5. The second-order valence-corrected chi connectivity index (χ2v) is 4.87. The lowest BCUT2D eigenvalue weighted by molar-refractivity contribution is -0.148. The summed E-state index contributed by atoms with van der Waals surface area (Å²) in [5.74, 6) is -0.193. The largest absolute Gasteiger partial charge is 0.468 e. The van der Waals surface area contributed by atoms with E-state index in [4.69, 9.17) is 4.74 Å². The molecule has 1 heterocycles. The molecule has 6 heteroatoms. The molecule has 1 aromatic rings. The highest BCUT2D eigenvalue weighted by atomic mass is 16.5. The summed E-state index contributed by atoms with van der Waals surface area (Å²) in [6.45, 7) is 5.62. The van der Waals surface area contributed by atoms with E-state index in [1.54, 1.807) is 11.0 Å². The van der Waals surface area contributed by atoms with Gasteiger partial charge in [-0.3, -0.25) is 9.48 Å². The molecule has 0 fully saturated rings. The molecule has 1 aromatic heterocycles. The molecule has 0 bridgehead atoms. The maximum Gasteiger partial charge on any atom is 0.325 e. The van der Waals surface area contributed by atoms with E-state index < -0.39 is 5.54 Å². The number of aromatic nitrogens is 3. The van der Waals surface area contributed by atoms with Crippen molar-refractivity contribution in [2.24, 2.45) is 0 Å². The molecule has 108 valence electrons. The number of methoxy groups -OCH3 is 1. The normalized spacial score (nSPS) is 14.1. The van der Waals surface area contributed by atoms with Gasteiger partial charge in [0.1, 0.15) is 18.2 Å². The summed E-state index contributed by atoms with van der Waals surface area (Å²) in [6, 6.07) is 0. The quantitative estimate of drug-likeness (QED) is 0.541. The number of ether oxygens (including phenoxy) is 1. The molecule has 0 aliphatic carbocycles.